The van der Waals surface area contributed by atoms with Gasteiger partial charge in [0.15, 0.2) is 0 Å². The highest BCUT2D eigenvalue weighted by atomic mass is 32.1. The first-order valence-corrected chi connectivity index (χ1v) is 7.87. The molecule has 5 nitrogen and oxygen atoms in total. The van der Waals surface area contributed by atoms with Crippen molar-refractivity contribution in [3.05, 3.63) is 51.7 Å². The van der Waals surface area contributed by atoms with E-state index in [4.69, 9.17) is 0 Å². The van der Waals surface area contributed by atoms with Crippen LogP contribution in [0.25, 0.3) is 11.4 Å². The monoisotopic (exact) mass is 297 g/mol. The van der Waals surface area contributed by atoms with Crippen molar-refractivity contribution >= 4 is 11.3 Å². The van der Waals surface area contributed by atoms with E-state index in [0.717, 1.165) is 31.6 Å². The molecular weight excluding hydrogens is 282 g/mol. The molecular formula is C15H15N5S. The third kappa shape index (κ3) is 2.48. The van der Waals surface area contributed by atoms with Crippen LogP contribution in [0.15, 0.2) is 35.7 Å². The quantitative estimate of drug-likeness (QED) is 0.807. The Labute approximate surface area is 126 Å². The highest BCUT2D eigenvalue weighted by Crippen LogP contribution is 2.27. The molecule has 0 saturated heterocycles. The van der Waals surface area contributed by atoms with Gasteiger partial charge in [-0.2, -0.15) is 5.21 Å². The van der Waals surface area contributed by atoms with Gasteiger partial charge in [-0.15, -0.1) is 21.5 Å². The van der Waals surface area contributed by atoms with Crippen molar-refractivity contribution in [2.24, 2.45) is 0 Å². The van der Waals surface area contributed by atoms with Crippen molar-refractivity contribution in [1.29, 1.82) is 0 Å². The van der Waals surface area contributed by atoms with E-state index >= 15 is 0 Å². The lowest BCUT2D eigenvalue weighted by atomic mass is 10.0. The number of tetrazole rings is 1. The summed E-state index contributed by atoms with van der Waals surface area (Å²) in [4.78, 5) is 4.02. The molecule has 3 aromatic rings. The van der Waals surface area contributed by atoms with Crippen LogP contribution in [0.3, 0.4) is 0 Å². The first kappa shape index (κ1) is 12.7. The summed E-state index contributed by atoms with van der Waals surface area (Å²) in [6.07, 6.45) is 1.15. The number of hydrogen-bond acceptors (Lipinski definition) is 5. The first-order chi connectivity index (χ1) is 10.4. The zero-order valence-corrected chi connectivity index (χ0v) is 12.3. The minimum atomic E-state index is 0.666. The molecule has 1 aromatic carbocycles. The summed E-state index contributed by atoms with van der Waals surface area (Å²) in [6.45, 7) is 3.05. The number of H-pyrrole nitrogens is 1. The van der Waals surface area contributed by atoms with Crippen molar-refractivity contribution < 1.29 is 0 Å². The molecule has 3 heterocycles. The zero-order valence-electron chi connectivity index (χ0n) is 11.5. The predicted octanol–water partition coefficient (Wildman–Crippen LogP) is 2.49. The van der Waals surface area contributed by atoms with Crippen LogP contribution in [0.1, 0.15) is 16.0 Å². The molecule has 0 aliphatic carbocycles. The lowest BCUT2D eigenvalue weighted by molar-refractivity contribution is 0.248. The van der Waals surface area contributed by atoms with Crippen LogP contribution in [0.4, 0.5) is 0 Å². The lowest BCUT2D eigenvalue weighted by Crippen LogP contribution is -2.29. The second-order valence-electron chi connectivity index (χ2n) is 5.22. The van der Waals surface area contributed by atoms with E-state index in [0.29, 0.717) is 5.82 Å². The maximum absolute atomic E-state index is 4.10. The maximum Gasteiger partial charge on any atom is 0.204 e. The van der Waals surface area contributed by atoms with Gasteiger partial charge in [0.1, 0.15) is 0 Å². The average Bonchev–Trinajstić information content (AvgIpc) is 3.19. The first-order valence-electron chi connectivity index (χ1n) is 6.99. The number of rotatable bonds is 3. The molecule has 4 rings (SSSR count). The number of thiophene rings is 1. The molecule has 1 N–H and O–H groups in total. The molecule has 1 aliphatic rings. The Kier molecular flexibility index (Phi) is 3.25. The van der Waals surface area contributed by atoms with Gasteiger partial charge in [-0.3, -0.25) is 4.90 Å². The SMILES string of the molecule is c1ccc(-c2nn[nH]n2)c(CN2CCc3sccc3C2)c1. The van der Waals surface area contributed by atoms with Gasteiger partial charge < -0.3 is 0 Å². The fraction of sp³-hybridized carbons (Fsp3) is 0.267. The Morgan fingerprint density at radius 2 is 2.19 bits per heavy atom. The number of nitrogens with zero attached hydrogens (tertiary/aromatic N) is 4. The molecule has 0 saturated carbocycles. The van der Waals surface area contributed by atoms with E-state index in [2.05, 4.69) is 55.2 Å². The van der Waals surface area contributed by atoms with E-state index in [1.807, 2.05) is 17.4 Å². The van der Waals surface area contributed by atoms with Crippen molar-refractivity contribution in [3.8, 4) is 11.4 Å². The lowest BCUT2D eigenvalue weighted by Gasteiger charge is -2.27. The van der Waals surface area contributed by atoms with Gasteiger partial charge in [0.25, 0.3) is 0 Å². The van der Waals surface area contributed by atoms with Crippen molar-refractivity contribution in [1.82, 2.24) is 25.5 Å². The van der Waals surface area contributed by atoms with Crippen LogP contribution in [-0.2, 0) is 19.5 Å². The normalized spacial score (nSPS) is 15.0. The molecule has 21 heavy (non-hydrogen) atoms. The number of nitrogens with one attached hydrogen (secondary N) is 1. The highest BCUT2D eigenvalue weighted by molar-refractivity contribution is 7.10. The molecule has 0 radical (unpaired) electrons. The zero-order chi connectivity index (χ0) is 14.1. The van der Waals surface area contributed by atoms with Crippen LogP contribution < -0.4 is 0 Å². The minimum Gasteiger partial charge on any atom is -0.294 e. The van der Waals surface area contributed by atoms with Crippen LogP contribution in [-0.4, -0.2) is 32.1 Å². The van der Waals surface area contributed by atoms with E-state index in [1.165, 1.54) is 16.0 Å². The molecule has 6 heteroatoms. The van der Waals surface area contributed by atoms with Gasteiger partial charge in [0.05, 0.1) is 0 Å². The standard InChI is InChI=1S/C15H15N5S/c1-2-4-13(15-16-18-19-17-15)11(3-1)9-20-7-5-14-12(10-20)6-8-21-14/h1-4,6,8H,5,7,9-10H2,(H,16,17,18,19). The van der Waals surface area contributed by atoms with Crippen molar-refractivity contribution in [3.63, 3.8) is 0 Å². The summed E-state index contributed by atoms with van der Waals surface area (Å²) in [5, 5.41) is 16.6. The smallest absolute Gasteiger partial charge is 0.204 e. The molecule has 0 unspecified atom stereocenters. The predicted molar refractivity (Wildman–Crippen MR) is 81.8 cm³/mol. The van der Waals surface area contributed by atoms with Gasteiger partial charge in [0.2, 0.25) is 5.82 Å². The number of aromatic nitrogens is 4. The van der Waals surface area contributed by atoms with E-state index in [9.17, 15) is 0 Å². The second-order valence-corrected chi connectivity index (χ2v) is 6.22. The highest BCUT2D eigenvalue weighted by Gasteiger charge is 2.19. The Balaban J connectivity index is 1.58. The summed E-state index contributed by atoms with van der Waals surface area (Å²) in [6, 6.07) is 10.5. The molecule has 2 aromatic heterocycles. The van der Waals surface area contributed by atoms with Crippen LogP contribution in [0.5, 0.6) is 0 Å². The van der Waals surface area contributed by atoms with Gasteiger partial charge in [-0.25, -0.2) is 0 Å². The van der Waals surface area contributed by atoms with Crippen LogP contribution in [0, 0.1) is 0 Å². The summed E-state index contributed by atoms with van der Waals surface area (Å²) in [5.41, 5.74) is 3.78. The Bertz CT molecular complexity index is 734. The summed E-state index contributed by atoms with van der Waals surface area (Å²) in [5.74, 6) is 0.666. The molecule has 0 bridgehead atoms. The van der Waals surface area contributed by atoms with Gasteiger partial charge in [0, 0.05) is 30.1 Å². The summed E-state index contributed by atoms with van der Waals surface area (Å²) < 4.78 is 0. The Morgan fingerprint density at radius 1 is 1.24 bits per heavy atom. The van der Waals surface area contributed by atoms with Crippen LogP contribution >= 0.6 is 11.3 Å². The molecule has 1 aliphatic heterocycles. The fourth-order valence-corrected chi connectivity index (χ4v) is 3.72. The van der Waals surface area contributed by atoms with Gasteiger partial charge in [-0.1, -0.05) is 24.3 Å². The maximum atomic E-state index is 4.10. The minimum absolute atomic E-state index is 0.666. The van der Waals surface area contributed by atoms with Crippen molar-refractivity contribution in [2.45, 2.75) is 19.5 Å². The average molecular weight is 297 g/mol. The van der Waals surface area contributed by atoms with Gasteiger partial charge >= 0.3 is 0 Å². The van der Waals surface area contributed by atoms with Gasteiger partial charge in [-0.05, 0) is 34.2 Å². The second kappa shape index (κ2) is 5.38. The van der Waals surface area contributed by atoms with E-state index in [1.54, 1.807) is 0 Å². The number of fused-ring (bicyclic) bond motifs is 1. The summed E-state index contributed by atoms with van der Waals surface area (Å²) >= 11 is 1.88. The number of hydrogen-bond donors (Lipinski definition) is 1. The summed E-state index contributed by atoms with van der Waals surface area (Å²) in [7, 11) is 0. The largest absolute Gasteiger partial charge is 0.294 e. The fourth-order valence-electron chi connectivity index (χ4n) is 2.83. The molecule has 106 valence electrons. The number of aromatic amines is 1. The molecule has 0 fully saturated rings. The Hall–Kier alpha value is -2.05. The molecule has 0 atom stereocenters. The van der Waals surface area contributed by atoms with Crippen LogP contribution in [0.2, 0.25) is 0 Å². The Morgan fingerprint density at radius 3 is 3.10 bits per heavy atom. The third-order valence-electron chi connectivity index (χ3n) is 3.88. The van der Waals surface area contributed by atoms with Crippen molar-refractivity contribution in [2.75, 3.05) is 6.54 Å². The van der Waals surface area contributed by atoms with E-state index in [-0.39, 0.29) is 0 Å². The third-order valence-corrected chi connectivity index (χ3v) is 4.91. The topological polar surface area (TPSA) is 57.7 Å². The molecule has 0 amide bonds. The molecule has 0 spiro atoms. The van der Waals surface area contributed by atoms with E-state index < -0.39 is 0 Å². The number of benzene rings is 1.